The van der Waals surface area contributed by atoms with Crippen molar-refractivity contribution in [3.63, 3.8) is 0 Å². The Morgan fingerprint density at radius 3 is 2.52 bits per heavy atom. The van der Waals surface area contributed by atoms with Crippen LogP contribution in [-0.4, -0.2) is 19.1 Å². The number of hydrogen-bond acceptors (Lipinski definition) is 3. The van der Waals surface area contributed by atoms with Crippen LogP contribution >= 0.6 is 0 Å². The third kappa shape index (κ3) is 6.34. The van der Waals surface area contributed by atoms with Gasteiger partial charge in [-0.05, 0) is 61.4 Å². The van der Waals surface area contributed by atoms with Crippen LogP contribution in [-0.2, 0) is 0 Å². The second-order valence-corrected chi connectivity index (χ2v) is 5.95. The molecule has 0 radical (unpaired) electrons. The molecule has 2 rings (SSSR count). The van der Waals surface area contributed by atoms with E-state index in [1.807, 2.05) is 43.3 Å². The van der Waals surface area contributed by atoms with Crippen molar-refractivity contribution >= 4 is 11.6 Å². The zero-order chi connectivity index (χ0) is 18.1. The Labute approximate surface area is 149 Å². The van der Waals surface area contributed by atoms with Gasteiger partial charge in [0.2, 0.25) is 0 Å². The van der Waals surface area contributed by atoms with Crippen LogP contribution in [0.25, 0.3) is 0 Å². The molecule has 1 N–H and O–H groups in total. The highest BCUT2D eigenvalue weighted by atomic mass is 16.5. The summed E-state index contributed by atoms with van der Waals surface area (Å²) >= 11 is 0. The Hall–Kier alpha value is -2.75. The molecule has 0 aromatic heterocycles. The van der Waals surface area contributed by atoms with Crippen LogP contribution in [0.2, 0.25) is 0 Å². The molecule has 0 atom stereocenters. The second-order valence-electron chi connectivity index (χ2n) is 5.95. The summed E-state index contributed by atoms with van der Waals surface area (Å²) in [4.78, 5) is 12.4. The van der Waals surface area contributed by atoms with Crippen molar-refractivity contribution in [3.05, 3.63) is 66.2 Å². The summed E-state index contributed by atoms with van der Waals surface area (Å²) < 4.78 is 11.2. The van der Waals surface area contributed by atoms with E-state index >= 15 is 0 Å². The highest BCUT2D eigenvalue weighted by Crippen LogP contribution is 2.19. The van der Waals surface area contributed by atoms with E-state index in [0.29, 0.717) is 30.2 Å². The molecule has 0 aliphatic rings. The third-order valence-electron chi connectivity index (χ3n) is 3.46. The van der Waals surface area contributed by atoms with Crippen molar-refractivity contribution in [1.82, 2.24) is 0 Å². The van der Waals surface area contributed by atoms with Gasteiger partial charge in [-0.25, -0.2) is 0 Å². The third-order valence-corrected chi connectivity index (χ3v) is 3.46. The Balaban J connectivity index is 1.94. The molecule has 132 valence electrons. The number of rotatable bonds is 9. The molecule has 0 fully saturated rings. The van der Waals surface area contributed by atoms with E-state index in [1.165, 1.54) is 0 Å². The maximum atomic E-state index is 12.4. The molecule has 4 heteroatoms. The van der Waals surface area contributed by atoms with Crippen molar-refractivity contribution in [2.24, 2.45) is 0 Å². The fourth-order valence-electron chi connectivity index (χ4n) is 2.11. The number of hydrogen-bond donors (Lipinski definition) is 1. The van der Waals surface area contributed by atoms with Crippen LogP contribution in [0.4, 0.5) is 5.69 Å². The van der Waals surface area contributed by atoms with Crippen LogP contribution in [0.5, 0.6) is 11.5 Å². The van der Waals surface area contributed by atoms with E-state index in [1.54, 1.807) is 12.1 Å². The number of unbranched alkanes of at least 4 members (excludes halogenated alkanes) is 1. The van der Waals surface area contributed by atoms with Gasteiger partial charge in [-0.1, -0.05) is 26.0 Å². The fourth-order valence-corrected chi connectivity index (χ4v) is 2.11. The first-order valence-electron chi connectivity index (χ1n) is 8.50. The number of ether oxygens (including phenoxy) is 2. The number of benzene rings is 2. The van der Waals surface area contributed by atoms with E-state index in [2.05, 4.69) is 18.8 Å². The lowest BCUT2D eigenvalue weighted by atomic mass is 10.2. The number of anilines is 1. The molecule has 0 saturated carbocycles. The molecule has 0 aliphatic heterocycles. The molecule has 2 aromatic rings. The van der Waals surface area contributed by atoms with Gasteiger partial charge in [0.05, 0.1) is 6.61 Å². The first-order chi connectivity index (χ1) is 12.1. The highest BCUT2D eigenvalue weighted by Gasteiger charge is 2.07. The fraction of sp³-hybridized carbons (Fsp3) is 0.286. The van der Waals surface area contributed by atoms with E-state index in [9.17, 15) is 4.79 Å². The lowest BCUT2D eigenvalue weighted by molar-refractivity contribution is 0.102. The maximum absolute atomic E-state index is 12.4. The first kappa shape index (κ1) is 18.6. The Bertz CT molecular complexity index is 707. The van der Waals surface area contributed by atoms with Gasteiger partial charge in [0.15, 0.2) is 0 Å². The topological polar surface area (TPSA) is 47.6 Å². The molecule has 2 aromatic carbocycles. The summed E-state index contributed by atoms with van der Waals surface area (Å²) in [5.74, 6) is 1.29. The van der Waals surface area contributed by atoms with E-state index in [-0.39, 0.29) is 5.91 Å². The highest BCUT2D eigenvalue weighted by molar-refractivity contribution is 6.04. The van der Waals surface area contributed by atoms with Gasteiger partial charge in [-0.15, -0.1) is 0 Å². The van der Waals surface area contributed by atoms with Gasteiger partial charge >= 0.3 is 0 Å². The first-order valence-corrected chi connectivity index (χ1v) is 8.50. The Morgan fingerprint density at radius 1 is 1.08 bits per heavy atom. The summed E-state index contributed by atoms with van der Waals surface area (Å²) in [6.45, 7) is 8.97. The summed E-state index contributed by atoms with van der Waals surface area (Å²) in [6, 6.07) is 14.5. The smallest absolute Gasteiger partial charge is 0.255 e. The van der Waals surface area contributed by atoms with Crippen LogP contribution in [0, 0.1) is 0 Å². The SMILES string of the molecule is C=C(C)COc1ccc(NC(=O)c2cccc(OCCCC)c2)cc1. The lowest BCUT2D eigenvalue weighted by Gasteiger charge is -2.10. The van der Waals surface area contributed by atoms with Crippen molar-refractivity contribution in [1.29, 1.82) is 0 Å². The van der Waals surface area contributed by atoms with Crippen molar-refractivity contribution in [2.75, 3.05) is 18.5 Å². The minimum atomic E-state index is -0.170. The zero-order valence-corrected chi connectivity index (χ0v) is 14.9. The van der Waals surface area contributed by atoms with Gasteiger partial charge in [0.1, 0.15) is 18.1 Å². The molecule has 0 heterocycles. The molecule has 0 spiro atoms. The van der Waals surface area contributed by atoms with Gasteiger partial charge < -0.3 is 14.8 Å². The predicted octanol–water partition coefficient (Wildman–Crippen LogP) is 5.07. The van der Waals surface area contributed by atoms with Gasteiger partial charge in [-0.2, -0.15) is 0 Å². The number of nitrogens with one attached hydrogen (secondary N) is 1. The molecular formula is C21H25NO3. The normalized spacial score (nSPS) is 10.2. The summed E-state index contributed by atoms with van der Waals surface area (Å²) in [5, 5.41) is 2.88. The minimum absolute atomic E-state index is 0.170. The second kappa shape index (κ2) is 9.52. The largest absolute Gasteiger partial charge is 0.494 e. The van der Waals surface area contributed by atoms with Gasteiger partial charge in [0.25, 0.3) is 5.91 Å². The predicted molar refractivity (Wildman–Crippen MR) is 102 cm³/mol. The lowest BCUT2D eigenvalue weighted by Crippen LogP contribution is -2.12. The molecule has 0 saturated heterocycles. The average molecular weight is 339 g/mol. The molecule has 0 unspecified atom stereocenters. The number of amides is 1. The van der Waals surface area contributed by atoms with Crippen LogP contribution in [0.3, 0.4) is 0 Å². The van der Waals surface area contributed by atoms with Gasteiger partial charge in [0, 0.05) is 11.3 Å². The molecule has 0 bridgehead atoms. The molecule has 25 heavy (non-hydrogen) atoms. The quantitative estimate of drug-likeness (QED) is 0.512. The zero-order valence-electron chi connectivity index (χ0n) is 14.9. The number of carbonyl (C=O) groups is 1. The van der Waals surface area contributed by atoms with Crippen molar-refractivity contribution in [3.8, 4) is 11.5 Å². The van der Waals surface area contributed by atoms with Crippen molar-refractivity contribution in [2.45, 2.75) is 26.7 Å². The monoisotopic (exact) mass is 339 g/mol. The van der Waals surface area contributed by atoms with Crippen LogP contribution in [0.1, 0.15) is 37.0 Å². The maximum Gasteiger partial charge on any atom is 0.255 e. The van der Waals surface area contributed by atoms with Gasteiger partial charge in [-0.3, -0.25) is 4.79 Å². The van der Waals surface area contributed by atoms with Crippen LogP contribution in [0.15, 0.2) is 60.7 Å². The minimum Gasteiger partial charge on any atom is -0.494 e. The standard InChI is InChI=1S/C21H25NO3/c1-4-5-13-24-20-8-6-7-17(14-20)21(23)22-18-9-11-19(12-10-18)25-15-16(2)3/h6-12,14H,2,4-5,13,15H2,1,3H3,(H,22,23). The molecule has 4 nitrogen and oxygen atoms in total. The number of carbonyl (C=O) groups excluding carboxylic acids is 1. The Morgan fingerprint density at radius 2 is 1.84 bits per heavy atom. The summed E-state index contributed by atoms with van der Waals surface area (Å²) in [7, 11) is 0. The molecule has 1 amide bonds. The van der Waals surface area contributed by atoms with E-state index < -0.39 is 0 Å². The van der Waals surface area contributed by atoms with Crippen molar-refractivity contribution < 1.29 is 14.3 Å². The van der Waals surface area contributed by atoms with Crippen LogP contribution < -0.4 is 14.8 Å². The van der Waals surface area contributed by atoms with E-state index in [4.69, 9.17) is 9.47 Å². The van der Waals surface area contributed by atoms with E-state index in [0.717, 1.165) is 24.2 Å². The molecule has 0 aliphatic carbocycles. The summed E-state index contributed by atoms with van der Waals surface area (Å²) in [5.41, 5.74) is 2.24. The Kier molecular flexibility index (Phi) is 7.08. The average Bonchev–Trinajstić information content (AvgIpc) is 2.61. The summed E-state index contributed by atoms with van der Waals surface area (Å²) in [6.07, 6.45) is 2.07. The molecular weight excluding hydrogens is 314 g/mol.